The number of aryl methyl sites for hydroxylation is 2. The number of benzene rings is 1. The van der Waals surface area contributed by atoms with Crippen molar-refractivity contribution in [1.82, 2.24) is 14.9 Å². The maximum Gasteiger partial charge on any atom is 0.258 e. The Morgan fingerprint density at radius 2 is 2.08 bits per heavy atom. The summed E-state index contributed by atoms with van der Waals surface area (Å²) in [7, 11) is 1.55. The molecule has 0 saturated heterocycles. The third-order valence-corrected chi connectivity index (χ3v) is 3.43. The molecule has 0 aliphatic heterocycles. The number of carbonyl (C=O) groups excluding carboxylic acids is 1. The number of aromatic nitrogens is 2. The molecule has 1 aromatic carbocycles. The van der Waals surface area contributed by atoms with E-state index in [1.807, 2.05) is 19.1 Å². The number of hydrogen-bond donors (Lipinski definition) is 1. The summed E-state index contributed by atoms with van der Waals surface area (Å²) in [5, 5.41) is 2.70. The first-order valence-electron chi connectivity index (χ1n) is 7.56. The van der Waals surface area contributed by atoms with Crippen LogP contribution in [0.1, 0.15) is 11.1 Å². The van der Waals surface area contributed by atoms with Crippen molar-refractivity contribution in [3.8, 4) is 11.5 Å². The van der Waals surface area contributed by atoms with Gasteiger partial charge in [0.05, 0.1) is 13.4 Å². The van der Waals surface area contributed by atoms with Crippen LogP contribution in [0.5, 0.6) is 11.5 Å². The third kappa shape index (κ3) is 4.58. The zero-order valence-electron chi connectivity index (χ0n) is 14.0. The minimum Gasteiger partial charge on any atom is -0.493 e. The molecule has 0 spiro atoms. The van der Waals surface area contributed by atoms with E-state index in [-0.39, 0.29) is 18.1 Å². The lowest BCUT2D eigenvalue weighted by Gasteiger charge is -2.11. The molecule has 0 bridgehead atoms. The Morgan fingerprint density at radius 1 is 1.29 bits per heavy atom. The highest BCUT2D eigenvalue weighted by Crippen LogP contribution is 2.27. The van der Waals surface area contributed by atoms with E-state index >= 15 is 0 Å². The standard InChI is InChI=1S/C17H21N3O4/c1-12-4-5-14(15(8-12)23-3)24-10-16(21)19-6-7-20-11-18-9-13(2)17(20)22/h4-5,8-9,11H,6-7,10H2,1-3H3,(H,19,21). The van der Waals surface area contributed by atoms with Crippen LogP contribution in [0, 0.1) is 13.8 Å². The van der Waals surface area contributed by atoms with Crippen LogP contribution in [0.25, 0.3) is 0 Å². The number of amides is 1. The van der Waals surface area contributed by atoms with Crippen molar-refractivity contribution in [2.24, 2.45) is 0 Å². The molecule has 128 valence electrons. The maximum absolute atomic E-state index is 11.8. The molecule has 7 heteroatoms. The van der Waals surface area contributed by atoms with Gasteiger partial charge in [0, 0.05) is 24.8 Å². The summed E-state index contributed by atoms with van der Waals surface area (Å²) in [4.78, 5) is 27.6. The van der Waals surface area contributed by atoms with Crippen molar-refractivity contribution < 1.29 is 14.3 Å². The Balaban J connectivity index is 1.82. The first-order chi connectivity index (χ1) is 11.5. The van der Waals surface area contributed by atoms with Crippen LogP contribution in [0.3, 0.4) is 0 Å². The van der Waals surface area contributed by atoms with Crippen molar-refractivity contribution in [3.05, 3.63) is 52.2 Å². The Kier molecular flexibility index (Phi) is 5.95. The van der Waals surface area contributed by atoms with Gasteiger partial charge in [-0.3, -0.25) is 14.2 Å². The molecule has 1 amide bonds. The molecular formula is C17H21N3O4. The minimum atomic E-state index is -0.272. The first kappa shape index (κ1) is 17.5. The van der Waals surface area contributed by atoms with Gasteiger partial charge in [0.25, 0.3) is 11.5 Å². The van der Waals surface area contributed by atoms with E-state index < -0.39 is 0 Å². The van der Waals surface area contributed by atoms with Gasteiger partial charge in [-0.2, -0.15) is 0 Å². The quantitative estimate of drug-likeness (QED) is 0.820. The fraction of sp³-hybridized carbons (Fsp3) is 0.353. The number of nitrogens with zero attached hydrogens (tertiary/aromatic N) is 2. The van der Waals surface area contributed by atoms with Gasteiger partial charge in [0.1, 0.15) is 0 Å². The van der Waals surface area contributed by atoms with Crippen LogP contribution < -0.4 is 20.3 Å². The van der Waals surface area contributed by atoms with E-state index in [9.17, 15) is 9.59 Å². The molecule has 1 heterocycles. The average molecular weight is 331 g/mol. The molecule has 0 unspecified atom stereocenters. The molecule has 0 aliphatic carbocycles. The summed E-state index contributed by atoms with van der Waals surface area (Å²) >= 11 is 0. The monoisotopic (exact) mass is 331 g/mol. The smallest absolute Gasteiger partial charge is 0.258 e. The van der Waals surface area contributed by atoms with Gasteiger partial charge in [-0.05, 0) is 31.5 Å². The fourth-order valence-corrected chi connectivity index (χ4v) is 2.12. The molecule has 0 atom stereocenters. The average Bonchev–Trinajstić information content (AvgIpc) is 2.57. The lowest BCUT2D eigenvalue weighted by atomic mass is 10.2. The minimum absolute atomic E-state index is 0.111. The highest BCUT2D eigenvalue weighted by molar-refractivity contribution is 5.77. The molecule has 0 aliphatic rings. The number of carbonyl (C=O) groups is 1. The molecule has 1 aromatic heterocycles. The van der Waals surface area contributed by atoms with Crippen LogP contribution in [-0.2, 0) is 11.3 Å². The Morgan fingerprint density at radius 3 is 2.83 bits per heavy atom. The molecular weight excluding hydrogens is 310 g/mol. The molecule has 2 aromatic rings. The predicted octanol–water partition coefficient (Wildman–Crippen LogP) is 1.06. The summed E-state index contributed by atoms with van der Waals surface area (Å²) < 4.78 is 12.2. The fourth-order valence-electron chi connectivity index (χ4n) is 2.12. The van der Waals surface area contributed by atoms with Crippen LogP contribution in [-0.4, -0.2) is 35.7 Å². The van der Waals surface area contributed by atoms with Crippen LogP contribution in [0.15, 0.2) is 35.5 Å². The van der Waals surface area contributed by atoms with Gasteiger partial charge in [0.15, 0.2) is 18.1 Å². The lowest BCUT2D eigenvalue weighted by Crippen LogP contribution is -2.34. The summed E-state index contributed by atoms with van der Waals surface area (Å²) in [5.41, 5.74) is 1.50. The van der Waals surface area contributed by atoms with Crippen molar-refractivity contribution in [2.75, 3.05) is 20.3 Å². The number of methoxy groups -OCH3 is 1. The van der Waals surface area contributed by atoms with E-state index in [4.69, 9.17) is 9.47 Å². The number of ether oxygens (including phenoxy) is 2. The van der Waals surface area contributed by atoms with E-state index in [1.165, 1.54) is 17.1 Å². The largest absolute Gasteiger partial charge is 0.493 e. The van der Waals surface area contributed by atoms with Gasteiger partial charge in [0.2, 0.25) is 0 Å². The molecule has 2 rings (SSSR count). The first-order valence-corrected chi connectivity index (χ1v) is 7.56. The van der Waals surface area contributed by atoms with E-state index in [2.05, 4.69) is 10.3 Å². The van der Waals surface area contributed by atoms with Gasteiger partial charge < -0.3 is 14.8 Å². The number of rotatable bonds is 7. The third-order valence-electron chi connectivity index (χ3n) is 3.43. The molecule has 1 N–H and O–H groups in total. The molecule has 0 fully saturated rings. The Labute approximate surface area is 140 Å². The Bertz CT molecular complexity index is 771. The second-order valence-electron chi connectivity index (χ2n) is 5.37. The van der Waals surface area contributed by atoms with Crippen molar-refractivity contribution in [3.63, 3.8) is 0 Å². The zero-order chi connectivity index (χ0) is 17.5. The zero-order valence-corrected chi connectivity index (χ0v) is 14.0. The summed E-state index contributed by atoms with van der Waals surface area (Å²) in [5.74, 6) is 0.823. The molecule has 7 nitrogen and oxygen atoms in total. The number of hydrogen-bond acceptors (Lipinski definition) is 5. The van der Waals surface area contributed by atoms with Crippen LogP contribution in [0.2, 0.25) is 0 Å². The molecule has 24 heavy (non-hydrogen) atoms. The molecule has 0 radical (unpaired) electrons. The van der Waals surface area contributed by atoms with E-state index in [0.717, 1.165) is 5.56 Å². The summed E-state index contributed by atoms with van der Waals surface area (Å²) in [6, 6.07) is 5.48. The highest BCUT2D eigenvalue weighted by Gasteiger charge is 2.08. The van der Waals surface area contributed by atoms with Crippen molar-refractivity contribution in [2.45, 2.75) is 20.4 Å². The Hall–Kier alpha value is -2.83. The van der Waals surface area contributed by atoms with Crippen molar-refractivity contribution >= 4 is 5.91 Å². The van der Waals surface area contributed by atoms with Gasteiger partial charge in [-0.25, -0.2) is 4.98 Å². The van der Waals surface area contributed by atoms with Crippen LogP contribution in [0.4, 0.5) is 0 Å². The topological polar surface area (TPSA) is 82.4 Å². The highest BCUT2D eigenvalue weighted by atomic mass is 16.5. The summed E-state index contributed by atoms with van der Waals surface area (Å²) in [6.07, 6.45) is 2.97. The second-order valence-corrected chi connectivity index (χ2v) is 5.37. The van der Waals surface area contributed by atoms with E-state index in [0.29, 0.717) is 30.2 Å². The SMILES string of the molecule is COc1cc(C)ccc1OCC(=O)NCCn1cncc(C)c1=O. The lowest BCUT2D eigenvalue weighted by molar-refractivity contribution is -0.123. The normalized spacial score (nSPS) is 10.3. The van der Waals surface area contributed by atoms with Crippen molar-refractivity contribution in [1.29, 1.82) is 0 Å². The second kappa shape index (κ2) is 8.14. The van der Waals surface area contributed by atoms with E-state index in [1.54, 1.807) is 20.1 Å². The maximum atomic E-state index is 11.8. The van der Waals surface area contributed by atoms with Gasteiger partial charge >= 0.3 is 0 Å². The predicted molar refractivity (Wildman–Crippen MR) is 89.5 cm³/mol. The summed E-state index contributed by atoms with van der Waals surface area (Å²) in [6.45, 7) is 4.19. The van der Waals surface area contributed by atoms with Gasteiger partial charge in [-0.1, -0.05) is 6.07 Å². The van der Waals surface area contributed by atoms with Gasteiger partial charge in [-0.15, -0.1) is 0 Å². The van der Waals surface area contributed by atoms with Crippen LogP contribution >= 0.6 is 0 Å². The number of nitrogens with one attached hydrogen (secondary N) is 1. The molecule has 0 saturated carbocycles.